The monoisotopic (exact) mass is 787 g/mol. The van der Waals surface area contributed by atoms with Crippen molar-refractivity contribution in [2.75, 3.05) is 24.6 Å². The fourth-order valence-corrected chi connectivity index (χ4v) is 8.15. The average molecular weight is 788 g/mol. The second kappa shape index (κ2) is 14.7. The van der Waals surface area contributed by atoms with E-state index < -0.39 is 29.7 Å². The Balaban J connectivity index is 0.653. The summed E-state index contributed by atoms with van der Waals surface area (Å²) in [5.74, 6) is 5.23. The standard InChI is InChI=1S/C45H37N7O7/c1-50-38-14-15-46-23-37(38)34-9-4-26(17-40(34)50)27-5-13-42(48-21-27)59-32-19-31(20-32)58-30-8-6-28(47-22-30)3-2-16-57-33-24-51(25-33)29-7-10-35-36(18-29)45(56)52(44(35)55)39-11-12-41(53)49-43(39)54/h4-10,13-15,17-18,21-23,31-33,39H,11-12,16,19-20,24-25H2,1H3,(H,49,53,54). The molecule has 6 aromatic rings. The van der Waals surface area contributed by atoms with Gasteiger partial charge in [-0.25, -0.2) is 9.97 Å². The van der Waals surface area contributed by atoms with Crippen molar-refractivity contribution in [3.05, 3.63) is 108 Å². The normalized spacial score (nSPS) is 20.2. The minimum absolute atomic E-state index is 0.0288. The molecule has 14 heteroatoms. The number of nitrogens with zero attached hydrogens (tertiary/aromatic N) is 6. The van der Waals surface area contributed by atoms with Crippen LogP contribution in [0.15, 0.2) is 91.5 Å². The highest BCUT2D eigenvalue weighted by molar-refractivity contribution is 6.23. The molecule has 7 heterocycles. The Labute approximate surface area is 338 Å². The number of hydrogen-bond acceptors (Lipinski definition) is 11. The van der Waals surface area contributed by atoms with Gasteiger partial charge in [-0.1, -0.05) is 18.1 Å². The largest absolute Gasteiger partial charge is 0.489 e. The summed E-state index contributed by atoms with van der Waals surface area (Å²) < 4.78 is 20.3. The van der Waals surface area contributed by atoms with Gasteiger partial charge in [0.2, 0.25) is 17.7 Å². The number of aromatic nitrogens is 4. The first kappa shape index (κ1) is 36.2. The minimum Gasteiger partial charge on any atom is -0.489 e. The Kier molecular flexibility index (Phi) is 9.02. The molecule has 0 bridgehead atoms. The Morgan fingerprint density at radius 3 is 2.41 bits per heavy atom. The molecule has 2 saturated heterocycles. The number of ether oxygens (including phenoxy) is 3. The smallest absolute Gasteiger partial charge is 0.262 e. The zero-order valence-corrected chi connectivity index (χ0v) is 32.0. The Morgan fingerprint density at radius 2 is 1.61 bits per heavy atom. The summed E-state index contributed by atoms with van der Waals surface area (Å²) >= 11 is 0. The number of fused-ring (bicyclic) bond motifs is 4. The highest BCUT2D eigenvalue weighted by atomic mass is 16.5. The number of pyridine rings is 3. The Hall–Kier alpha value is -7.11. The molecule has 3 fully saturated rings. The molecule has 1 N–H and O–H groups in total. The molecule has 1 unspecified atom stereocenters. The minimum atomic E-state index is -0.993. The van der Waals surface area contributed by atoms with Crippen LogP contribution in [0.3, 0.4) is 0 Å². The van der Waals surface area contributed by atoms with Gasteiger partial charge in [-0.15, -0.1) is 0 Å². The van der Waals surface area contributed by atoms with E-state index in [-0.39, 0.29) is 48.9 Å². The highest BCUT2D eigenvalue weighted by Gasteiger charge is 2.45. The molecule has 4 aliphatic rings. The summed E-state index contributed by atoms with van der Waals surface area (Å²) in [6.45, 7) is 1.43. The maximum atomic E-state index is 13.2. The van der Waals surface area contributed by atoms with E-state index in [0.717, 1.165) is 51.0 Å². The molecule has 1 aliphatic carbocycles. The second-order valence-electron chi connectivity index (χ2n) is 15.2. The molecule has 4 aromatic heterocycles. The maximum Gasteiger partial charge on any atom is 0.262 e. The summed E-state index contributed by atoms with van der Waals surface area (Å²) in [6.07, 6.45) is 8.97. The number of carbonyl (C=O) groups excluding carboxylic acids is 4. The van der Waals surface area contributed by atoms with Crippen molar-refractivity contribution >= 4 is 51.1 Å². The van der Waals surface area contributed by atoms with Crippen molar-refractivity contribution in [2.45, 2.75) is 50.0 Å². The molecule has 294 valence electrons. The number of benzene rings is 2. The molecule has 14 nitrogen and oxygen atoms in total. The predicted molar refractivity (Wildman–Crippen MR) is 216 cm³/mol. The van der Waals surface area contributed by atoms with Crippen molar-refractivity contribution in [1.29, 1.82) is 0 Å². The Bertz CT molecular complexity index is 2740. The van der Waals surface area contributed by atoms with Crippen LogP contribution in [0.25, 0.3) is 32.9 Å². The van der Waals surface area contributed by atoms with Gasteiger partial charge in [0.15, 0.2) is 0 Å². The maximum absolute atomic E-state index is 13.2. The van der Waals surface area contributed by atoms with Crippen LogP contribution in [0.2, 0.25) is 0 Å². The van der Waals surface area contributed by atoms with Crippen molar-refractivity contribution in [3.8, 4) is 34.6 Å². The van der Waals surface area contributed by atoms with Crippen LogP contribution in [-0.2, 0) is 21.4 Å². The number of carbonyl (C=O) groups is 4. The van der Waals surface area contributed by atoms with Gasteiger partial charge in [-0.3, -0.25) is 34.4 Å². The van der Waals surface area contributed by atoms with Gasteiger partial charge in [-0.2, -0.15) is 0 Å². The van der Waals surface area contributed by atoms with Gasteiger partial charge in [0, 0.05) is 91.6 Å². The molecule has 1 atom stereocenters. The number of anilines is 1. The summed E-state index contributed by atoms with van der Waals surface area (Å²) in [7, 11) is 2.07. The fourth-order valence-electron chi connectivity index (χ4n) is 8.15. The summed E-state index contributed by atoms with van der Waals surface area (Å²) in [5.41, 5.74) is 6.31. The van der Waals surface area contributed by atoms with Crippen LogP contribution >= 0.6 is 0 Å². The topological polar surface area (TPSA) is 158 Å². The van der Waals surface area contributed by atoms with Crippen LogP contribution in [0.5, 0.6) is 11.6 Å². The molecule has 0 spiro atoms. The van der Waals surface area contributed by atoms with Crippen molar-refractivity contribution in [2.24, 2.45) is 7.05 Å². The molecule has 1 saturated carbocycles. The van der Waals surface area contributed by atoms with Crippen LogP contribution in [0.4, 0.5) is 5.69 Å². The summed E-state index contributed by atoms with van der Waals surface area (Å²) in [4.78, 5) is 66.4. The molecule has 3 aliphatic heterocycles. The lowest BCUT2D eigenvalue weighted by Gasteiger charge is -2.40. The first-order valence-electron chi connectivity index (χ1n) is 19.5. The van der Waals surface area contributed by atoms with E-state index in [0.29, 0.717) is 30.4 Å². The third-order valence-corrected chi connectivity index (χ3v) is 11.5. The quantitative estimate of drug-likeness (QED) is 0.158. The number of aryl methyl sites for hydroxylation is 1. The predicted octanol–water partition coefficient (Wildman–Crippen LogP) is 4.83. The van der Waals surface area contributed by atoms with E-state index in [4.69, 9.17) is 14.2 Å². The van der Waals surface area contributed by atoms with E-state index in [1.165, 1.54) is 5.39 Å². The van der Waals surface area contributed by atoms with Crippen LogP contribution in [-0.4, -0.2) is 92.1 Å². The van der Waals surface area contributed by atoms with Gasteiger partial charge in [0.05, 0.1) is 28.9 Å². The number of hydrogen-bond donors (Lipinski definition) is 1. The lowest BCUT2D eigenvalue weighted by molar-refractivity contribution is -0.136. The first-order valence-corrected chi connectivity index (χ1v) is 19.5. The lowest BCUT2D eigenvalue weighted by atomic mass is 9.92. The Morgan fingerprint density at radius 1 is 0.780 bits per heavy atom. The zero-order chi connectivity index (χ0) is 40.2. The van der Waals surface area contributed by atoms with Crippen molar-refractivity contribution in [3.63, 3.8) is 0 Å². The molecular weight excluding hydrogens is 751 g/mol. The molecular formula is C45H37N7O7. The SMILES string of the molecule is Cn1c2ccncc2c2ccc(-c3ccc(OC4CC(Oc5ccc(C#CCOC6CN(c7ccc8c(c7)C(=O)N(C7CCC(=O)NC7=O)C8=O)C6)nc5)C4)nc3)cc21. The van der Waals surface area contributed by atoms with Crippen molar-refractivity contribution < 1.29 is 33.4 Å². The molecule has 4 amide bonds. The van der Waals surface area contributed by atoms with Gasteiger partial charge in [-0.05, 0) is 66.4 Å². The first-order chi connectivity index (χ1) is 28.8. The van der Waals surface area contributed by atoms with Gasteiger partial charge < -0.3 is 23.7 Å². The van der Waals surface area contributed by atoms with Crippen LogP contribution < -0.4 is 19.7 Å². The van der Waals surface area contributed by atoms with E-state index in [2.05, 4.69) is 61.9 Å². The average Bonchev–Trinajstić information content (AvgIpc) is 3.64. The summed E-state index contributed by atoms with van der Waals surface area (Å²) in [5, 5.41) is 4.54. The van der Waals surface area contributed by atoms with Gasteiger partial charge in [0.25, 0.3) is 11.8 Å². The third kappa shape index (κ3) is 6.79. The fraction of sp³-hybridized carbons (Fsp3) is 0.267. The van der Waals surface area contributed by atoms with Crippen LogP contribution in [0.1, 0.15) is 52.1 Å². The molecule has 59 heavy (non-hydrogen) atoms. The highest BCUT2D eigenvalue weighted by Crippen LogP contribution is 2.34. The zero-order valence-electron chi connectivity index (χ0n) is 32.0. The number of amides is 4. The number of piperidine rings is 1. The molecule has 2 aromatic carbocycles. The number of imide groups is 2. The molecule has 0 radical (unpaired) electrons. The summed E-state index contributed by atoms with van der Waals surface area (Å²) in [6, 6.07) is 20.2. The van der Waals surface area contributed by atoms with Crippen molar-refractivity contribution in [1.82, 2.24) is 29.7 Å². The second-order valence-corrected chi connectivity index (χ2v) is 15.2. The van der Waals surface area contributed by atoms with Gasteiger partial charge >= 0.3 is 0 Å². The number of rotatable bonds is 9. The van der Waals surface area contributed by atoms with E-state index >= 15 is 0 Å². The van der Waals surface area contributed by atoms with E-state index in [1.807, 2.05) is 53.8 Å². The van der Waals surface area contributed by atoms with E-state index in [9.17, 15) is 19.2 Å². The molecule has 10 rings (SSSR count). The number of nitrogens with one attached hydrogen (secondary N) is 1. The van der Waals surface area contributed by atoms with Crippen LogP contribution in [0, 0.1) is 11.8 Å². The van der Waals surface area contributed by atoms with Gasteiger partial charge in [0.1, 0.15) is 36.3 Å². The lowest BCUT2D eigenvalue weighted by Crippen LogP contribution is -2.54. The van der Waals surface area contributed by atoms with E-state index in [1.54, 1.807) is 24.4 Å². The third-order valence-electron chi connectivity index (χ3n) is 11.5.